The van der Waals surface area contributed by atoms with Crippen LogP contribution in [-0.4, -0.2) is 55.4 Å². The topological polar surface area (TPSA) is 23.6 Å². The highest BCUT2D eigenvalue weighted by Gasteiger charge is 2.28. The lowest BCUT2D eigenvalue weighted by molar-refractivity contribution is -0.125. The number of carbonyl (C=O) groups is 1. The molecule has 1 atom stereocenters. The number of hydrogen-bond donors (Lipinski definition) is 0. The Morgan fingerprint density at radius 2 is 1.76 bits per heavy atom. The lowest BCUT2D eigenvalue weighted by Gasteiger charge is -2.36. The molecule has 116 valence electrons. The quantitative estimate of drug-likeness (QED) is 0.853. The maximum absolute atomic E-state index is 12.5. The molecule has 3 heteroatoms. The molecule has 21 heavy (non-hydrogen) atoms. The fourth-order valence-corrected chi connectivity index (χ4v) is 2.80. The zero-order valence-corrected chi connectivity index (χ0v) is 14.0. The first kappa shape index (κ1) is 16.2. The summed E-state index contributed by atoms with van der Waals surface area (Å²) in [6.45, 7) is 9.48. The summed E-state index contributed by atoms with van der Waals surface area (Å²) in [6, 6.07) is 8.54. The highest BCUT2D eigenvalue weighted by Crippen LogP contribution is 2.22. The molecule has 3 nitrogen and oxygen atoms in total. The van der Waals surface area contributed by atoms with E-state index in [1.807, 2.05) is 0 Å². The van der Waals surface area contributed by atoms with Crippen molar-refractivity contribution in [1.82, 2.24) is 9.80 Å². The third-order valence-electron chi connectivity index (χ3n) is 4.42. The molecular formula is C18H28N2O. The Bertz CT molecular complexity index is 487. The van der Waals surface area contributed by atoms with Crippen molar-refractivity contribution in [2.45, 2.75) is 38.6 Å². The summed E-state index contributed by atoms with van der Waals surface area (Å²) in [6.07, 6.45) is 0.535. The molecule has 0 aliphatic carbocycles. The van der Waals surface area contributed by atoms with Crippen LogP contribution in [0, 0.1) is 0 Å². The number of likely N-dealkylation sites (N-methyl/N-ethyl adjacent to an activating group) is 2. The van der Waals surface area contributed by atoms with Crippen molar-refractivity contribution in [3.8, 4) is 0 Å². The van der Waals surface area contributed by atoms with E-state index in [9.17, 15) is 4.79 Å². The van der Waals surface area contributed by atoms with Crippen LogP contribution in [0.3, 0.4) is 0 Å². The van der Waals surface area contributed by atoms with Crippen LogP contribution in [0.25, 0.3) is 0 Å². The van der Waals surface area contributed by atoms with E-state index in [2.05, 4.69) is 68.9 Å². The minimum Gasteiger partial charge on any atom is -0.303 e. The normalized spacial score (nSPS) is 21.5. The van der Waals surface area contributed by atoms with Crippen LogP contribution in [0.1, 0.15) is 31.9 Å². The molecule has 0 radical (unpaired) electrons. The summed E-state index contributed by atoms with van der Waals surface area (Å²) in [7, 11) is 4.14. The Kier molecular flexibility index (Phi) is 4.84. The first-order valence-electron chi connectivity index (χ1n) is 7.78. The summed E-state index contributed by atoms with van der Waals surface area (Å²) in [5.41, 5.74) is 2.59. The van der Waals surface area contributed by atoms with Crippen LogP contribution in [-0.2, 0) is 16.6 Å². The first-order chi connectivity index (χ1) is 9.77. The number of piperazine rings is 1. The number of benzene rings is 1. The maximum atomic E-state index is 12.5. The van der Waals surface area contributed by atoms with Gasteiger partial charge in [0.25, 0.3) is 0 Å². The molecule has 1 aliphatic heterocycles. The van der Waals surface area contributed by atoms with Crippen molar-refractivity contribution in [3.05, 3.63) is 35.4 Å². The largest absolute Gasteiger partial charge is 0.303 e. The molecule has 1 heterocycles. The Hall–Kier alpha value is -1.19. The lowest BCUT2D eigenvalue weighted by atomic mass is 9.86. The molecule has 2 rings (SSSR count). The Morgan fingerprint density at radius 1 is 1.14 bits per heavy atom. The van der Waals surface area contributed by atoms with Gasteiger partial charge in [0.2, 0.25) is 0 Å². The van der Waals surface area contributed by atoms with Crippen molar-refractivity contribution in [2.24, 2.45) is 0 Å². The molecule has 0 saturated carbocycles. The van der Waals surface area contributed by atoms with E-state index in [0.717, 1.165) is 25.2 Å². The number of carbonyl (C=O) groups excluding carboxylic acids is 1. The van der Waals surface area contributed by atoms with Gasteiger partial charge in [-0.1, -0.05) is 45.0 Å². The lowest BCUT2D eigenvalue weighted by Crippen LogP contribution is -2.53. The SMILES string of the molecule is CN1CCN(C)C(C(=O)Cc2ccc(C(C)(C)C)cc2)C1. The van der Waals surface area contributed by atoms with E-state index in [-0.39, 0.29) is 11.5 Å². The van der Waals surface area contributed by atoms with Crippen LogP contribution in [0.15, 0.2) is 24.3 Å². The molecule has 1 aromatic carbocycles. The van der Waals surface area contributed by atoms with Crippen LogP contribution < -0.4 is 0 Å². The second-order valence-corrected chi connectivity index (χ2v) is 7.35. The van der Waals surface area contributed by atoms with Gasteiger partial charge in [-0.05, 0) is 30.6 Å². The van der Waals surface area contributed by atoms with Crippen molar-refractivity contribution < 1.29 is 4.79 Å². The molecule has 1 aromatic rings. The third-order valence-corrected chi connectivity index (χ3v) is 4.42. The molecule has 0 spiro atoms. The Morgan fingerprint density at radius 3 is 2.33 bits per heavy atom. The molecule has 1 unspecified atom stereocenters. The van der Waals surface area contributed by atoms with Gasteiger partial charge in [-0.3, -0.25) is 9.69 Å². The standard InChI is InChI=1S/C18H28N2O/c1-18(2,3)15-8-6-14(7-9-15)12-17(21)16-13-19(4)10-11-20(16)5/h6-9,16H,10-13H2,1-5H3. The van der Waals surface area contributed by atoms with Crippen LogP contribution in [0.2, 0.25) is 0 Å². The molecule has 0 bridgehead atoms. The van der Waals surface area contributed by atoms with Gasteiger partial charge in [0.05, 0.1) is 6.04 Å². The van der Waals surface area contributed by atoms with Crippen LogP contribution in [0.5, 0.6) is 0 Å². The van der Waals surface area contributed by atoms with E-state index in [1.54, 1.807) is 0 Å². The van der Waals surface area contributed by atoms with E-state index in [0.29, 0.717) is 12.2 Å². The molecule has 0 N–H and O–H groups in total. The van der Waals surface area contributed by atoms with Gasteiger partial charge in [-0.2, -0.15) is 0 Å². The smallest absolute Gasteiger partial charge is 0.155 e. The minimum atomic E-state index is 0.0334. The fourth-order valence-electron chi connectivity index (χ4n) is 2.80. The van der Waals surface area contributed by atoms with Crippen molar-refractivity contribution in [3.63, 3.8) is 0 Å². The number of rotatable bonds is 3. The molecule has 1 aliphatic rings. The molecule has 0 amide bonds. The van der Waals surface area contributed by atoms with Gasteiger partial charge < -0.3 is 4.90 Å². The van der Waals surface area contributed by atoms with Gasteiger partial charge in [-0.15, -0.1) is 0 Å². The van der Waals surface area contributed by atoms with Gasteiger partial charge >= 0.3 is 0 Å². The van der Waals surface area contributed by atoms with Crippen LogP contribution in [0.4, 0.5) is 0 Å². The van der Waals surface area contributed by atoms with E-state index >= 15 is 0 Å². The number of Topliss-reactive ketones (excluding diaryl/α,β-unsaturated/α-hetero) is 1. The third kappa shape index (κ3) is 4.14. The Labute approximate surface area is 128 Å². The predicted molar refractivity (Wildman–Crippen MR) is 87.8 cm³/mol. The molecule has 1 fully saturated rings. The number of hydrogen-bond acceptors (Lipinski definition) is 3. The average molecular weight is 288 g/mol. The van der Waals surface area contributed by atoms with Gasteiger partial charge in [0.15, 0.2) is 5.78 Å². The Balaban J connectivity index is 2.02. The summed E-state index contributed by atoms with van der Waals surface area (Å²) >= 11 is 0. The van der Waals surface area contributed by atoms with Crippen molar-refractivity contribution in [1.29, 1.82) is 0 Å². The van der Waals surface area contributed by atoms with E-state index in [1.165, 1.54) is 5.56 Å². The molecular weight excluding hydrogens is 260 g/mol. The second kappa shape index (κ2) is 6.29. The maximum Gasteiger partial charge on any atom is 0.155 e. The zero-order chi connectivity index (χ0) is 15.6. The summed E-state index contributed by atoms with van der Waals surface area (Å²) in [5.74, 6) is 0.326. The highest BCUT2D eigenvalue weighted by molar-refractivity contribution is 5.86. The van der Waals surface area contributed by atoms with Gasteiger partial charge in [0.1, 0.15) is 0 Å². The summed E-state index contributed by atoms with van der Waals surface area (Å²) < 4.78 is 0. The highest BCUT2D eigenvalue weighted by atomic mass is 16.1. The molecule has 1 saturated heterocycles. The monoisotopic (exact) mass is 288 g/mol. The summed E-state index contributed by atoms with van der Waals surface area (Å²) in [5, 5.41) is 0. The first-order valence-corrected chi connectivity index (χ1v) is 7.78. The molecule has 0 aromatic heterocycles. The zero-order valence-electron chi connectivity index (χ0n) is 14.0. The average Bonchev–Trinajstić information content (AvgIpc) is 2.41. The minimum absolute atomic E-state index is 0.0334. The fraction of sp³-hybridized carbons (Fsp3) is 0.611. The second-order valence-electron chi connectivity index (χ2n) is 7.35. The van der Waals surface area contributed by atoms with Gasteiger partial charge in [0, 0.05) is 26.1 Å². The number of ketones is 1. The van der Waals surface area contributed by atoms with Crippen LogP contribution >= 0.6 is 0 Å². The van der Waals surface area contributed by atoms with E-state index in [4.69, 9.17) is 0 Å². The van der Waals surface area contributed by atoms with Crippen molar-refractivity contribution >= 4 is 5.78 Å². The predicted octanol–water partition coefficient (Wildman–Crippen LogP) is 2.34. The van der Waals surface area contributed by atoms with E-state index < -0.39 is 0 Å². The number of nitrogens with zero attached hydrogens (tertiary/aromatic N) is 2. The van der Waals surface area contributed by atoms with Gasteiger partial charge in [-0.25, -0.2) is 0 Å². The van der Waals surface area contributed by atoms with Crippen molar-refractivity contribution in [2.75, 3.05) is 33.7 Å². The summed E-state index contributed by atoms with van der Waals surface area (Å²) in [4.78, 5) is 17.0.